The molecule has 0 rings (SSSR count). The molecule has 0 spiro atoms. The van der Waals surface area contributed by atoms with Crippen molar-refractivity contribution in [3.05, 3.63) is 0 Å². The highest BCUT2D eigenvalue weighted by atomic mass is 16.6. The summed E-state index contributed by atoms with van der Waals surface area (Å²) in [6, 6.07) is 0. The maximum atomic E-state index is 11.2. The molecule has 15 heavy (non-hydrogen) atoms. The monoisotopic (exact) mass is 217 g/mol. The van der Waals surface area contributed by atoms with Crippen molar-refractivity contribution < 1.29 is 19.1 Å². The molecule has 0 aromatic carbocycles. The topological polar surface area (TPSA) is 64.6 Å². The second-order valence-electron chi connectivity index (χ2n) is 4.10. The lowest BCUT2D eigenvalue weighted by atomic mass is 10.2. The van der Waals surface area contributed by atoms with Crippen molar-refractivity contribution in [3.8, 4) is 0 Å². The van der Waals surface area contributed by atoms with E-state index in [4.69, 9.17) is 9.47 Å². The fraction of sp³-hybridized carbons (Fsp3) is 0.800. The molecular formula is C10H19NO4. The van der Waals surface area contributed by atoms with Gasteiger partial charge in [-0.1, -0.05) is 0 Å². The van der Waals surface area contributed by atoms with E-state index in [1.165, 1.54) is 0 Å². The van der Waals surface area contributed by atoms with Crippen LogP contribution in [0.3, 0.4) is 0 Å². The lowest BCUT2D eigenvalue weighted by Gasteiger charge is -2.18. The van der Waals surface area contributed by atoms with E-state index in [9.17, 15) is 9.59 Å². The van der Waals surface area contributed by atoms with Crippen LogP contribution >= 0.6 is 0 Å². The normalized spacial score (nSPS) is 10.9. The van der Waals surface area contributed by atoms with Crippen LogP contribution in [-0.4, -0.2) is 37.7 Å². The Morgan fingerprint density at radius 3 is 2.33 bits per heavy atom. The van der Waals surface area contributed by atoms with Crippen LogP contribution in [0.15, 0.2) is 0 Å². The Morgan fingerprint density at radius 1 is 1.27 bits per heavy atom. The van der Waals surface area contributed by atoms with Gasteiger partial charge in [0.2, 0.25) is 0 Å². The van der Waals surface area contributed by atoms with Crippen LogP contribution < -0.4 is 5.32 Å². The molecule has 0 fully saturated rings. The minimum atomic E-state index is -0.847. The van der Waals surface area contributed by atoms with Crippen LogP contribution in [0.2, 0.25) is 0 Å². The Balaban J connectivity index is 3.76. The van der Waals surface area contributed by atoms with Gasteiger partial charge in [0.15, 0.2) is 0 Å². The van der Waals surface area contributed by atoms with Crippen molar-refractivity contribution >= 4 is 11.9 Å². The highest BCUT2D eigenvalue weighted by Crippen LogP contribution is 2.06. The molecule has 0 aliphatic carbocycles. The zero-order chi connectivity index (χ0) is 11.9. The number of rotatable bonds is 4. The third kappa shape index (κ3) is 7.93. The van der Waals surface area contributed by atoms with Crippen LogP contribution in [0.1, 0.15) is 27.2 Å². The van der Waals surface area contributed by atoms with Crippen molar-refractivity contribution in [2.75, 3.05) is 20.3 Å². The van der Waals surface area contributed by atoms with Gasteiger partial charge in [0.25, 0.3) is 0 Å². The number of esters is 1. The van der Waals surface area contributed by atoms with Gasteiger partial charge in [0, 0.05) is 20.3 Å². The van der Waals surface area contributed by atoms with Crippen molar-refractivity contribution in [1.29, 1.82) is 0 Å². The Hall–Kier alpha value is -1.10. The van der Waals surface area contributed by atoms with Gasteiger partial charge in [0.1, 0.15) is 5.60 Å². The van der Waals surface area contributed by atoms with E-state index in [1.54, 1.807) is 27.9 Å². The molecule has 0 aromatic rings. The Morgan fingerprint density at radius 2 is 1.87 bits per heavy atom. The summed E-state index contributed by atoms with van der Waals surface area (Å²) in [6.07, 6.45) is 0.672. The Bertz CT molecular complexity index is 220. The highest BCUT2D eigenvalue weighted by molar-refractivity contribution is 6.32. The fourth-order valence-corrected chi connectivity index (χ4v) is 0.815. The van der Waals surface area contributed by atoms with E-state index in [2.05, 4.69) is 5.32 Å². The third-order valence-corrected chi connectivity index (χ3v) is 1.40. The predicted molar refractivity (Wildman–Crippen MR) is 55.3 cm³/mol. The van der Waals surface area contributed by atoms with Gasteiger partial charge in [-0.05, 0) is 27.2 Å². The SMILES string of the molecule is COCCCNC(=O)C(=O)OC(C)(C)C. The number of nitrogens with one attached hydrogen (secondary N) is 1. The molecule has 0 heterocycles. The molecule has 0 unspecified atom stereocenters. The van der Waals surface area contributed by atoms with Gasteiger partial charge in [0.05, 0.1) is 0 Å². The second-order valence-corrected chi connectivity index (χ2v) is 4.10. The summed E-state index contributed by atoms with van der Waals surface area (Å²) in [4.78, 5) is 22.3. The summed E-state index contributed by atoms with van der Waals surface area (Å²) in [6.45, 7) is 6.09. The summed E-state index contributed by atoms with van der Waals surface area (Å²) in [5, 5.41) is 2.45. The molecule has 88 valence electrons. The van der Waals surface area contributed by atoms with Crippen LogP contribution in [0.5, 0.6) is 0 Å². The Labute approximate surface area is 90.1 Å². The van der Waals surface area contributed by atoms with Crippen molar-refractivity contribution in [1.82, 2.24) is 5.32 Å². The van der Waals surface area contributed by atoms with Crippen LogP contribution in [0, 0.1) is 0 Å². The maximum Gasteiger partial charge on any atom is 0.397 e. The predicted octanol–water partition coefficient (Wildman–Crippen LogP) is 0.481. The van der Waals surface area contributed by atoms with Crippen LogP contribution in [0.4, 0.5) is 0 Å². The second kappa shape index (κ2) is 6.40. The number of hydrogen-bond acceptors (Lipinski definition) is 4. The van der Waals surface area contributed by atoms with E-state index >= 15 is 0 Å². The molecule has 0 saturated heterocycles. The minimum absolute atomic E-state index is 0.409. The molecule has 0 aromatic heterocycles. The molecule has 0 atom stereocenters. The number of methoxy groups -OCH3 is 1. The van der Waals surface area contributed by atoms with Crippen molar-refractivity contribution in [2.45, 2.75) is 32.8 Å². The van der Waals surface area contributed by atoms with Crippen molar-refractivity contribution in [3.63, 3.8) is 0 Å². The molecule has 0 radical (unpaired) electrons. The Kier molecular flexibility index (Phi) is 5.93. The summed E-state index contributed by atoms with van der Waals surface area (Å²) in [5.41, 5.74) is -0.638. The maximum absolute atomic E-state index is 11.2. The zero-order valence-electron chi connectivity index (χ0n) is 9.75. The first kappa shape index (κ1) is 13.9. The van der Waals surface area contributed by atoms with E-state index in [0.29, 0.717) is 19.6 Å². The first-order valence-electron chi connectivity index (χ1n) is 4.87. The van der Waals surface area contributed by atoms with E-state index in [-0.39, 0.29) is 0 Å². The van der Waals surface area contributed by atoms with Gasteiger partial charge < -0.3 is 14.8 Å². The molecule has 5 nitrogen and oxygen atoms in total. The summed E-state index contributed by atoms with van der Waals surface area (Å²) in [5.74, 6) is -1.55. The fourth-order valence-electron chi connectivity index (χ4n) is 0.815. The standard InChI is InChI=1S/C10H19NO4/c1-10(2,3)15-9(13)8(12)11-6-5-7-14-4/h5-7H2,1-4H3,(H,11,12). The lowest BCUT2D eigenvalue weighted by molar-refractivity contribution is -0.163. The first-order chi connectivity index (χ1) is 6.87. The molecular weight excluding hydrogens is 198 g/mol. The first-order valence-corrected chi connectivity index (χ1v) is 4.87. The van der Waals surface area contributed by atoms with E-state index in [0.717, 1.165) is 0 Å². The minimum Gasteiger partial charge on any atom is -0.453 e. The van der Waals surface area contributed by atoms with Crippen LogP contribution in [-0.2, 0) is 19.1 Å². The quantitative estimate of drug-likeness (QED) is 0.422. The number of carbonyl (C=O) groups excluding carboxylic acids is 2. The molecule has 0 bridgehead atoms. The lowest BCUT2D eigenvalue weighted by Crippen LogP contribution is -2.37. The third-order valence-electron chi connectivity index (χ3n) is 1.40. The number of ether oxygens (including phenoxy) is 2. The summed E-state index contributed by atoms with van der Waals surface area (Å²) < 4.78 is 9.67. The van der Waals surface area contributed by atoms with Gasteiger partial charge in [-0.15, -0.1) is 0 Å². The highest BCUT2D eigenvalue weighted by Gasteiger charge is 2.22. The molecule has 0 aliphatic rings. The summed E-state index contributed by atoms with van der Waals surface area (Å²) in [7, 11) is 1.58. The van der Waals surface area contributed by atoms with Gasteiger partial charge in [-0.3, -0.25) is 4.79 Å². The average molecular weight is 217 g/mol. The molecule has 0 saturated carbocycles. The number of carbonyl (C=O) groups is 2. The smallest absolute Gasteiger partial charge is 0.397 e. The van der Waals surface area contributed by atoms with Gasteiger partial charge in [-0.2, -0.15) is 0 Å². The molecule has 5 heteroatoms. The summed E-state index contributed by atoms with van der Waals surface area (Å²) >= 11 is 0. The molecule has 1 amide bonds. The number of hydrogen-bond donors (Lipinski definition) is 1. The molecule has 0 aliphatic heterocycles. The van der Waals surface area contributed by atoms with Crippen LogP contribution in [0.25, 0.3) is 0 Å². The van der Waals surface area contributed by atoms with Crippen molar-refractivity contribution in [2.24, 2.45) is 0 Å². The van der Waals surface area contributed by atoms with Gasteiger partial charge in [-0.25, -0.2) is 4.79 Å². The van der Waals surface area contributed by atoms with E-state index < -0.39 is 17.5 Å². The average Bonchev–Trinajstić information content (AvgIpc) is 2.09. The number of amides is 1. The zero-order valence-corrected chi connectivity index (χ0v) is 9.75. The molecule has 1 N–H and O–H groups in total. The van der Waals surface area contributed by atoms with Gasteiger partial charge >= 0.3 is 11.9 Å². The van der Waals surface area contributed by atoms with E-state index in [1.807, 2.05) is 0 Å². The largest absolute Gasteiger partial charge is 0.453 e.